The van der Waals surface area contributed by atoms with Crippen molar-refractivity contribution < 1.29 is 0 Å². The van der Waals surface area contributed by atoms with Crippen LogP contribution in [-0.4, -0.2) is 27.7 Å². The van der Waals surface area contributed by atoms with Crippen molar-refractivity contribution in [2.75, 3.05) is 18.4 Å². The lowest BCUT2D eigenvalue weighted by Crippen LogP contribution is -2.20. The van der Waals surface area contributed by atoms with E-state index in [1.165, 1.54) is 11.1 Å². The highest BCUT2D eigenvalue weighted by Gasteiger charge is 2.14. The Balaban J connectivity index is 2.17. The molecule has 2 aromatic rings. The summed E-state index contributed by atoms with van der Waals surface area (Å²) in [5.74, 6) is 0.791. The topological polar surface area (TPSA) is 54.2 Å². The molecule has 2 aromatic heterocycles. The molecular weight excluding hydrogens is 226 g/mol. The van der Waals surface area contributed by atoms with Crippen LogP contribution in [0.3, 0.4) is 0 Å². The Hall–Kier alpha value is -2.14. The van der Waals surface area contributed by atoms with Crippen LogP contribution in [-0.2, 0) is 0 Å². The first-order valence-electron chi connectivity index (χ1n) is 6.00. The summed E-state index contributed by atoms with van der Waals surface area (Å²) in [6.07, 6.45) is 8.39. The van der Waals surface area contributed by atoms with Gasteiger partial charge in [0, 0.05) is 18.3 Å². The van der Waals surface area contributed by atoms with Crippen LogP contribution in [0, 0.1) is 0 Å². The summed E-state index contributed by atoms with van der Waals surface area (Å²) < 4.78 is 1.84. The van der Waals surface area contributed by atoms with Crippen molar-refractivity contribution >= 4 is 16.9 Å². The van der Waals surface area contributed by atoms with Crippen molar-refractivity contribution in [1.82, 2.24) is 19.9 Å². The molecular formula is C13H15N5. The fraction of sp³-hybridized carbons (Fsp3) is 0.231. The molecule has 0 aromatic carbocycles. The number of hydrogen-bond acceptors (Lipinski definition) is 4. The van der Waals surface area contributed by atoms with E-state index >= 15 is 0 Å². The summed E-state index contributed by atoms with van der Waals surface area (Å²) in [5, 5.41) is 10.6. The van der Waals surface area contributed by atoms with E-state index in [1.54, 1.807) is 12.5 Å². The molecule has 5 heteroatoms. The number of fused-ring (bicyclic) bond motifs is 1. The Kier molecular flexibility index (Phi) is 2.82. The standard InChI is InChI=1S/C13H15N5/c1-2-15-13-12-11(10-3-6-14-7-4-10)5-8-18(12)17-9-16-13/h2-3,5,8-9,14H,1,4,6-7H2,(H,15,16,17). The lowest BCUT2D eigenvalue weighted by molar-refractivity contribution is 0.739. The predicted octanol–water partition coefficient (Wildman–Crippen LogP) is 1.66. The van der Waals surface area contributed by atoms with Crippen molar-refractivity contribution in [1.29, 1.82) is 0 Å². The van der Waals surface area contributed by atoms with Gasteiger partial charge in [-0.2, -0.15) is 5.10 Å². The van der Waals surface area contributed by atoms with Gasteiger partial charge in [0.1, 0.15) is 11.8 Å². The SMILES string of the molecule is C=CNc1ncnn2ccc(C3=CCNCC3)c12. The first kappa shape index (κ1) is 11.0. The Bertz CT molecular complexity index is 611. The van der Waals surface area contributed by atoms with E-state index in [0.29, 0.717) is 0 Å². The van der Waals surface area contributed by atoms with Gasteiger partial charge in [0.2, 0.25) is 0 Å². The zero-order valence-corrected chi connectivity index (χ0v) is 10.1. The molecule has 0 saturated heterocycles. The Morgan fingerprint density at radius 2 is 2.44 bits per heavy atom. The third-order valence-electron chi connectivity index (χ3n) is 3.10. The van der Waals surface area contributed by atoms with Crippen LogP contribution in [0.2, 0.25) is 0 Å². The van der Waals surface area contributed by atoms with E-state index in [1.807, 2.05) is 10.7 Å². The quantitative estimate of drug-likeness (QED) is 0.858. The maximum Gasteiger partial charge on any atom is 0.158 e. The fourth-order valence-electron chi connectivity index (χ4n) is 2.28. The summed E-state index contributed by atoms with van der Waals surface area (Å²) in [6.45, 7) is 5.62. The first-order valence-corrected chi connectivity index (χ1v) is 6.00. The van der Waals surface area contributed by atoms with E-state index in [9.17, 15) is 0 Å². The van der Waals surface area contributed by atoms with E-state index in [2.05, 4.69) is 39.4 Å². The average molecular weight is 241 g/mol. The van der Waals surface area contributed by atoms with Crippen molar-refractivity contribution in [2.45, 2.75) is 6.42 Å². The number of rotatable bonds is 3. The molecule has 1 aliphatic heterocycles. The van der Waals surface area contributed by atoms with Crippen LogP contribution in [0.1, 0.15) is 12.0 Å². The maximum absolute atomic E-state index is 4.27. The molecule has 5 nitrogen and oxygen atoms in total. The van der Waals surface area contributed by atoms with Gasteiger partial charge in [-0.1, -0.05) is 12.7 Å². The Morgan fingerprint density at radius 3 is 3.22 bits per heavy atom. The zero-order valence-electron chi connectivity index (χ0n) is 10.1. The molecule has 0 spiro atoms. The minimum Gasteiger partial charge on any atom is -0.345 e. The van der Waals surface area contributed by atoms with Crippen LogP contribution in [0.25, 0.3) is 11.1 Å². The van der Waals surface area contributed by atoms with Gasteiger partial charge in [-0.3, -0.25) is 0 Å². The third kappa shape index (κ3) is 1.78. The fourth-order valence-corrected chi connectivity index (χ4v) is 2.28. The maximum atomic E-state index is 4.27. The smallest absolute Gasteiger partial charge is 0.158 e. The highest BCUT2D eigenvalue weighted by molar-refractivity contribution is 5.86. The minimum atomic E-state index is 0.791. The van der Waals surface area contributed by atoms with Gasteiger partial charge in [0.05, 0.1) is 0 Å². The molecule has 3 heterocycles. The summed E-state index contributed by atoms with van der Waals surface area (Å²) in [5.41, 5.74) is 3.55. The minimum absolute atomic E-state index is 0.791. The Morgan fingerprint density at radius 1 is 1.50 bits per heavy atom. The average Bonchev–Trinajstić information content (AvgIpc) is 2.85. The molecule has 0 amide bonds. The molecule has 0 atom stereocenters. The second kappa shape index (κ2) is 4.62. The Labute approximate surface area is 105 Å². The zero-order chi connectivity index (χ0) is 12.4. The molecule has 92 valence electrons. The molecule has 2 N–H and O–H groups in total. The lowest BCUT2D eigenvalue weighted by Gasteiger charge is -2.14. The largest absolute Gasteiger partial charge is 0.345 e. The van der Waals surface area contributed by atoms with Gasteiger partial charge in [-0.15, -0.1) is 0 Å². The normalized spacial score (nSPS) is 15.4. The molecule has 0 radical (unpaired) electrons. The van der Waals surface area contributed by atoms with Gasteiger partial charge in [0.25, 0.3) is 0 Å². The second-order valence-electron chi connectivity index (χ2n) is 4.16. The van der Waals surface area contributed by atoms with E-state index in [4.69, 9.17) is 0 Å². The summed E-state index contributed by atoms with van der Waals surface area (Å²) in [7, 11) is 0. The van der Waals surface area contributed by atoms with Gasteiger partial charge in [0.15, 0.2) is 5.82 Å². The monoisotopic (exact) mass is 241 g/mol. The van der Waals surface area contributed by atoms with Gasteiger partial charge in [-0.05, 0) is 30.8 Å². The van der Waals surface area contributed by atoms with Crippen LogP contribution >= 0.6 is 0 Å². The first-order chi connectivity index (χ1) is 8.90. The number of hydrogen-bond donors (Lipinski definition) is 2. The molecule has 3 rings (SSSR count). The van der Waals surface area contributed by atoms with Crippen molar-refractivity contribution in [3.8, 4) is 0 Å². The van der Waals surface area contributed by atoms with E-state index in [0.717, 1.165) is 30.8 Å². The van der Waals surface area contributed by atoms with Gasteiger partial charge in [-0.25, -0.2) is 9.50 Å². The summed E-state index contributed by atoms with van der Waals surface area (Å²) in [4.78, 5) is 4.27. The van der Waals surface area contributed by atoms with Crippen molar-refractivity contribution in [2.24, 2.45) is 0 Å². The highest BCUT2D eigenvalue weighted by Crippen LogP contribution is 2.28. The molecule has 0 unspecified atom stereocenters. The van der Waals surface area contributed by atoms with Gasteiger partial charge >= 0.3 is 0 Å². The molecule has 1 aliphatic rings. The van der Waals surface area contributed by atoms with Crippen LogP contribution in [0.4, 0.5) is 5.82 Å². The number of anilines is 1. The molecule has 0 saturated carbocycles. The molecule has 0 bridgehead atoms. The second-order valence-corrected chi connectivity index (χ2v) is 4.16. The lowest BCUT2D eigenvalue weighted by atomic mass is 10.0. The predicted molar refractivity (Wildman–Crippen MR) is 72.3 cm³/mol. The van der Waals surface area contributed by atoms with Crippen molar-refractivity contribution in [3.63, 3.8) is 0 Å². The van der Waals surface area contributed by atoms with Gasteiger partial charge < -0.3 is 10.6 Å². The van der Waals surface area contributed by atoms with E-state index in [-0.39, 0.29) is 0 Å². The summed E-state index contributed by atoms with van der Waals surface area (Å²) in [6, 6.07) is 2.09. The van der Waals surface area contributed by atoms with Crippen LogP contribution < -0.4 is 10.6 Å². The van der Waals surface area contributed by atoms with Crippen molar-refractivity contribution in [3.05, 3.63) is 43.0 Å². The molecule has 18 heavy (non-hydrogen) atoms. The van der Waals surface area contributed by atoms with Crippen LogP contribution in [0.15, 0.2) is 37.4 Å². The van der Waals surface area contributed by atoms with E-state index < -0.39 is 0 Å². The highest BCUT2D eigenvalue weighted by atomic mass is 15.2. The summed E-state index contributed by atoms with van der Waals surface area (Å²) >= 11 is 0. The number of aromatic nitrogens is 3. The molecule has 0 aliphatic carbocycles. The third-order valence-corrected chi connectivity index (χ3v) is 3.10. The van der Waals surface area contributed by atoms with Crippen LogP contribution in [0.5, 0.6) is 0 Å². The molecule has 0 fully saturated rings. The number of nitrogens with zero attached hydrogens (tertiary/aromatic N) is 3. The number of nitrogens with one attached hydrogen (secondary N) is 2.